The van der Waals surface area contributed by atoms with E-state index in [1.54, 1.807) is 124 Å². The number of carbonyl (C=O) groups is 6. The van der Waals surface area contributed by atoms with Gasteiger partial charge in [-0.1, -0.05) is 130 Å². The van der Waals surface area contributed by atoms with Gasteiger partial charge >= 0.3 is 0 Å². The number of likely N-dealkylation sites (N-methyl/N-ethyl adjacent to an activating group) is 1. The number of nitrogens with zero attached hydrogens (tertiary/aromatic N) is 18. The number of nitrogens with one attached hydrogen (secondary N) is 6. The second kappa shape index (κ2) is 44.0. The molecule has 37 heteroatoms. The lowest BCUT2D eigenvalue weighted by Gasteiger charge is -2.34. The van der Waals surface area contributed by atoms with Gasteiger partial charge in [-0.25, -0.2) is 39.1 Å². The van der Waals surface area contributed by atoms with Gasteiger partial charge in [-0.3, -0.25) is 42.6 Å². The number of hydrogen-bond donors (Lipinski definition) is 8. The smallest absolute Gasteiger partial charge is 0.293 e. The van der Waals surface area contributed by atoms with Crippen LogP contribution >= 0.6 is 34.8 Å². The molecule has 15 aromatic rings. The first-order valence-electron chi connectivity index (χ1n) is 44.1. The van der Waals surface area contributed by atoms with Gasteiger partial charge in [-0.2, -0.15) is 20.3 Å². The first-order chi connectivity index (χ1) is 66.3. The van der Waals surface area contributed by atoms with Crippen LogP contribution in [0.15, 0.2) is 256 Å². The zero-order valence-corrected chi connectivity index (χ0v) is 79.7. The fraction of sp³-hybridized carbons (Fsp3) is 0.218. The molecule has 2 fully saturated rings. The number of aryl methyl sites for hydroxylation is 4. The van der Waals surface area contributed by atoms with E-state index in [0.717, 1.165) is 93.6 Å². The average molecular weight is 1920 g/mol. The third-order valence-electron chi connectivity index (χ3n) is 22.5. The zero-order chi connectivity index (χ0) is 98.2. The number of benzene rings is 6. The van der Waals surface area contributed by atoms with Gasteiger partial charge in [-0.05, 0) is 203 Å². The highest BCUT2D eigenvalue weighted by Crippen LogP contribution is 2.46. The number of carbonyl (C=O) groups excluding carboxylic acids is 6. The molecule has 6 amide bonds. The van der Waals surface area contributed by atoms with Crippen molar-refractivity contribution >= 4 is 150 Å². The molecule has 9 aromatic heterocycles. The fourth-order valence-electron chi connectivity index (χ4n) is 15.7. The van der Waals surface area contributed by atoms with Crippen molar-refractivity contribution in [3.05, 3.63) is 322 Å². The lowest BCUT2D eigenvalue weighted by molar-refractivity contribution is -0.130. The topological polar surface area (TPSA) is 415 Å². The Hall–Kier alpha value is -16.0. The molecule has 0 radical (unpaired) electrons. The number of likely N-dealkylation sites (tertiary alicyclic amines) is 2. The van der Waals surface area contributed by atoms with Crippen molar-refractivity contribution in [3.63, 3.8) is 0 Å². The molecule has 2 aliphatic heterocycles. The number of anilines is 10. The number of rotatable bonds is 24. The normalized spacial score (nSPS) is 13.5. The van der Waals surface area contributed by atoms with E-state index in [0.29, 0.717) is 133 Å². The minimum atomic E-state index is -0.372. The summed E-state index contributed by atoms with van der Waals surface area (Å²) in [6, 6.07) is 43.4. The van der Waals surface area contributed by atoms with Crippen molar-refractivity contribution in [2.75, 3.05) is 83.6 Å². The van der Waals surface area contributed by atoms with Gasteiger partial charge in [0.1, 0.15) is 52.0 Å². The van der Waals surface area contributed by atoms with Gasteiger partial charge in [-0.15, -0.1) is 0 Å². The molecule has 0 saturated carbocycles. The van der Waals surface area contributed by atoms with Crippen LogP contribution in [0.1, 0.15) is 119 Å². The van der Waals surface area contributed by atoms with Gasteiger partial charge < -0.3 is 67.4 Å². The fourth-order valence-corrected chi connectivity index (χ4v) is 16.4. The largest absolute Gasteiger partial charge is 0.457 e. The SMILES string of the molecule is C=CC(=O)N1CCCC(c2c(Cl)c(-c3ccc(Oc4ccc(Cl)c(Cl)c4)c(C)c3)c3c(N)ncnn23)C1.C=CC(=O)Nc1cccc(Cn2ncc3cnc(Nc4cnn(C)c4)nc32)c1.C=CC(=O)Nc1cccc(Nc2nc(NC(=O)c3cccc(C(C)(C)C)c3)cn(C)c2=O)c1.Cc1ccnc(NC(=O)c2ccc(-c3nc([C@@H]4CCCCN4C(=O)/C=C/CN(C)C)n4ccnc(N)c34)cc2)c1. The molecular formula is C101H103Cl3N26O8. The molecule has 6 aromatic carbocycles. The Kier molecular flexibility index (Phi) is 31.2. The molecule has 138 heavy (non-hydrogen) atoms. The van der Waals surface area contributed by atoms with Crippen LogP contribution in [0.5, 0.6) is 11.5 Å². The Morgan fingerprint density at radius 3 is 2.07 bits per heavy atom. The highest BCUT2D eigenvalue weighted by Gasteiger charge is 2.35. The van der Waals surface area contributed by atoms with E-state index in [-0.39, 0.29) is 70.0 Å². The number of ether oxygens (including phenoxy) is 1. The van der Waals surface area contributed by atoms with E-state index >= 15 is 0 Å². The second-order valence-corrected chi connectivity index (χ2v) is 35.2. The summed E-state index contributed by atoms with van der Waals surface area (Å²) >= 11 is 19.2. The van der Waals surface area contributed by atoms with Crippen LogP contribution in [0, 0.1) is 13.8 Å². The molecule has 10 N–H and O–H groups in total. The molecule has 2 atom stereocenters. The standard InChI is InChI=1S/C30H34N8O2.C27H24Cl3N5O2.C25H27N5O3.C19H18N8O/c1-20-13-14-32-24(19-20)34-30(40)22-11-9-21(10-12-22)26-27-28(31)33-15-18-38(27)29(35-26)23-7-4-5-17-37(23)25(39)8-6-16-36(2)3;1-3-22(36)34-10-4-5-17(13-34)25-24(30)23(26-27(31)32-14-33-35(25)26)16-6-9-21(15(2)11-16)37-18-7-8-19(28)20(29)12-18;1-6-21(31)26-18-11-8-12-19(14-18)27-22-24(33)30(5)15-20(28-22)29-23(32)16-9-7-10-17(13-16)25(2,3)4;1-3-17(28)23-15-6-4-5-13(7-15)11-27-18-14(9-22-27)8-20-19(25-18)24-16-10-21-26(2)12-16/h6,8-15,18-19,23H,4-5,7,16-17H2,1-3H3,(H2,31,33)(H,32,34,40);3,6-9,11-12,14,17H,1,4-5,10,13H2,2H3,(H2,31,32,33);6-15H,1H2,2-5H3,(H,26,31)(H,27,28)(H,29,32);3-10,12H,1,11H2,2H3,(H,23,28)(H,20,24,25)/b8-6+;;;/t23-;;;/m0.../s1. The minimum absolute atomic E-state index is 0.0148. The third-order valence-corrected chi connectivity index (χ3v) is 23.7. The van der Waals surface area contributed by atoms with Crippen molar-refractivity contribution in [2.45, 2.75) is 90.6 Å². The molecular weight excluding hydrogens is 1810 g/mol. The quantitative estimate of drug-likeness (QED) is 0.0260. The number of nitrogens with two attached hydrogens (primary N) is 2. The maximum absolute atomic E-state index is 13.2. The van der Waals surface area contributed by atoms with Crippen molar-refractivity contribution < 1.29 is 33.5 Å². The Morgan fingerprint density at radius 1 is 0.630 bits per heavy atom. The van der Waals surface area contributed by atoms with E-state index in [2.05, 4.69) is 118 Å². The molecule has 2 aliphatic rings. The first-order valence-corrected chi connectivity index (χ1v) is 45.2. The van der Waals surface area contributed by atoms with E-state index in [4.69, 9.17) is 56.0 Å². The molecule has 34 nitrogen and oxygen atoms in total. The summed E-state index contributed by atoms with van der Waals surface area (Å²) in [5.41, 5.74) is 25.6. The van der Waals surface area contributed by atoms with Crippen molar-refractivity contribution in [1.29, 1.82) is 0 Å². The van der Waals surface area contributed by atoms with Crippen LogP contribution in [0.4, 0.5) is 57.8 Å². The number of aromatic nitrogens is 15. The van der Waals surface area contributed by atoms with E-state index in [1.807, 2.05) is 153 Å². The molecule has 1 unspecified atom stereocenters. The van der Waals surface area contributed by atoms with Gasteiger partial charge in [0, 0.05) is 135 Å². The number of fused-ring (bicyclic) bond motifs is 3. The van der Waals surface area contributed by atoms with Crippen LogP contribution in [-0.4, -0.2) is 163 Å². The maximum Gasteiger partial charge on any atom is 0.293 e. The second-order valence-electron chi connectivity index (χ2n) is 34.0. The van der Waals surface area contributed by atoms with Gasteiger partial charge in [0.25, 0.3) is 17.4 Å². The summed E-state index contributed by atoms with van der Waals surface area (Å²) in [5, 5.41) is 32.4. The third kappa shape index (κ3) is 24.0. The number of imidazole rings is 1. The molecule has 11 heterocycles. The summed E-state index contributed by atoms with van der Waals surface area (Å²) in [6.45, 7) is 23.7. The number of pyridine rings is 1. The van der Waals surface area contributed by atoms with Gasteiger partial charge in [0.2, 0.25) is 29.6 Å². The monoisotopic (exact) mass is 1910 g/mol. The predicted octanol–water partition coefficient (Wildman–Crippen LogP) is 17.7. The predicted molar refractivity (Wildman–Crippen MR) is 541 cm³/mol. The summed E-state index contributed by atoms with van der Waals surface area (Å²) in [6.07, 6.45) is 26.8. The van der Waals surface area contributed by atoms with E-state index < -0.39 is 0 Å². The number of amides is 6. The van der Waals surface area contributed by atoms with E-state index in [9.17, 15) is 33.6 Å². The Morgan fingerprint density at radius 2 is 1.36 bits per heavy atom. The van der Waals surface area contributed by atoms with Crippen LogP contribution in [0.25, 0.3) is 44.5 Å². The molecule has 0 spiro atoms. The summed E-state index contributed by atoms with van der Waals surface area (Å²) in [4.78, 5) is 123. The molecule has 0 bridgehead atoms. The Balaban J connectivity index is 0.000000148. The van der Waals surface area contributed by atoms with Crippen molar-refractivity contribution in [3.8, 4) is 33.9 Å². The highest BCUT2D eigenvalue weighted by molar-refractivity contribution is 6.42. The lowest BCUT2D eigenvalue weighted by Crippen LogP contribution is -2.38. The Labute approximate surface area is 810 Å². The van der Waals surface area contributed by atoms with Crippen LogP contribution < -0.4 is 53.7 Å². The maximum atomic E-state index is 13.2. The molecule has 2 saturated heterocycles. The molecule has 0 aliphatic carbocycles. The highest BCUT2D eigenvalue weighted by atomic mass is 35.5. The molecule has 706 valence electrons. The summed E-state index contributed by atoms with van der Waals surface area (Å²) in [5.74, 6) is 2.58. The minimum Gasteiger partial charge on any atom is -0.457 e. The molecule has 17 rings (SSSR count). The number of halogens is 3. The van der Waals surface area contributed by atoms with Crippen LogP contribution in [-0.2, 0) is 45.2 Å². The zero-order valence-electron chi connectivity index (χ0n) is 77.4. The number of piperidine rings is 2. The van der Waals surface area contributed by atoms with Crippen LogP contribution in [0.3, 0.4) is 0 Å². The van der Waals surface area contributed by atoms with Gasteiger partial charge in [0.15, 0.2) is 23.1 Å². The average Bonchev–Trinajstić information content (AvgIpc) is 1.59. The Bertz CT molecular complexity index is 7220. The summed E-state index contributed by atoms with van der Waals surface area (Å²) < 4.78 is 14.6. The van der Waals surface area contributed by atoms with Crippen molar-refractivity contribution in [1.82, 2.24) is 87.7 Å². The first kappa shape index (κ1) is 98.0. The van der Waals surface area contributed by atoms with Gasteiger partial charge in [0.05, 0.1) is 56.8 Å². The number of hydrogen-bond acceptors (Lipinski definition) is 23. The van der Waals surface area contributed by atoms with Crippen LogP contribution in [0.2, 0.25) is 15.1 Å². The number of nitrogen functional groups attached to an aromatic ring is 2. The lowest BCUT2D eigenvalue weighted by atomic mass is 9.86. The van der Waals surface area contributed by atoms with E-state index in [1.165, 1.54) is 35.3 Å². The summed E-state index contributed by atoms with van der Waals surface area (Å²) in [7, 11) is 7.35. The van der Waals surface area contributed by atoms with Crippen molar-refractivity contribution in [2.24, 2.45) is 14.1 Å².